The summed E-state index contributed by atoms with van der Waals surface area (Å²) in [6.07, 6.45) is 1.60. The minimum Gasteiger partial charge on any atom is -0.342 e. The standard InChI is InChI=1S/C15H17N5O/c1-11(14-19-17-10-20(14)2)18-15(21)13-8-4-3-6-12(13)7-5-9-16/h3-4,6,8,10-11H,9,16H2,1-2H3,(H,18,21). The Hall–Kier alpha value is -2.65. The molecule has 108 valence electrons. The molecule has 21 heavy (non-hydrogen) atoms. The van der Waals surface area contributed by atoms with Crippen molar-refractivity contribution in [2.75, 3.05) is 6.54 Å². The van der Waals surface area contributed by atoms with Gasteiger partial charge in [-0.05, 0) is 19.1 Å². The fraction of sp³-hybridized carbons (Fsp3) is 0.267. The van der Waals surface area contributed by atoms with E-state index < -0.39 is 0 Å². The summed E-state index contributed by atoms with van der Waals surface area (Å²) in [7, 11) is 1.83. The topological polar surface area (TPSA) is 85.8 Å². The number of rotatable bonds is 3. The quantitative estimate of drug-likeness (QED) is 0.808. The van der Waals surface area contributed by atoms with E-state index >= 15 is 0 Å². The molecule has 1 heterocycles. The Morgan fingerprint density at radius 2 is 2.24 bits per heavy atom. The number of aryl methyl sites for hydroxylation is 1. The van der Waals surface area contributed by atoms with E-state index in [-0.39, 0.29) is 18.5 Å². The highest BCUT2D eigenvalue weighted by Crippen LogP contribution is 2.12. The second-order valence-corrected chi connectivity index (χ2v) is 4.55. The molecule has 1 aromatic heterocycles. The Kier molecular flexibility index (Phi) is 4.69. The van der Waals surface area contributed by atoms with Gasteiger partial charge in [0.1, 0.15) is 6.33 Å². The number of aromatic nitrogens is 3. The number of benzene rings is 1. The van der Waals surface area contributed by atoms with Gasteiger partial charge in [-0.1, -0.05) is 24.0 Å². The number of hydrogen-bond acceptors (Lipinski definition) is 4. The maximum absolute atomic E-state index is 12.4. The molecular formula is C15H17N5O. The third-order valence-electron chi connectivity index (χ3n) is 2.98. The van der Waals surface area contributed by atoms with Gasteiger partial charge in [-0.2, -0.15) is 0 Å². The van der Waals surface area contributed by atoms with Crippen LogP contribution in [0.5, 0.6) is 0 Å². The molecule has 0 radical (unpaired) electrons. The van der Waals surface area contributed by atoms with Crippen molar-refractivity contribution in [3.05, 3.63) is 47.5 Å². The van der Waals surface area contributed by atoms with Crippen LogP contribution in [0.2, 0.25) is 0 Å². The third kappa shape index (κ3) is 3.46. The zero-order valence-electron chi connectivity index (χ0n) is 12.0. The van der Waals surface area contributed by atoms with Crippen LogP contribution >= 0.6 is 0 Å². The number of nitrogens with one attached hydrogen (secondary N) is 1. The van der Waals surface area contributed by atoms with E-state index in [2.05, 4.69) is 27.4 Å². The molecule has 0 saturated heterocycles. The van der Waals surface area contributed by atoms with E-state index in [4.69, 9.17) is 5.73 Å². The predicted molar refractivity (Wildman–Crippen MR) is 79.3 cm³/mol. The van der Waals surface area contributed by atoms with Crippen molar-refractivity contribution in [2.24, 2.45) is 12.8 Å². The van der Waals surface area contributed by atoms with Crippen LogP contribution in [0.1, 0.15) is 34.7 Å². The van der Waals surface area contributed by atoms with E-state index in [0.717, 1.165) is 0 Å². The molecule has 6 nitrogen and oxygen atoms in total. The summed E-state index contributed by atoms with van der Waals surface area (Å²) >= 11 is 0. The van der Waals surface area contributed by atoms with Crippen molar-refractivity contribution in [2.45, 2.75) is 13.0 Å². The minimum absolute atomic E-state index is 0.201. The van der Waals surface area contributed by atoms with E-state index in [1.165, 1.54) is 0 Å². The fourth-order valence-electron chi connectivity index (χ4n) is 1.96. The monoisotopic (exact) mass is 283 g/mol. The lowest BCUT2D eigenvalue weighted by molar-refractivity contribution is 0.0937. The van der Waals surface area contributed by atoms with Crippen LogP contribution in [-0.2, 0) is 7.05 Å². The molecule has 1 aromatic carbocycles. The van der Waals surface area contributed by atoms with Crippen LogP contribution < -0.4 is 11.1 Å². The van der Waals surface area contributed by atoms with E-state index in [1.54, 1.807) is 29.1 Å². The van der Waals surface area contributed by atoms with Crippen LogP contribution in [0.4, 0.5) is 0 Å². The lowest BCUT2D eigenvalue weighted by Gasteiger charge is -2.13. The molecule has 0 aliphatic rings. The molecule has 1 atom stereocenters. The molecule has 1 unspecified atom stereocenters. The van der Waals surface area contributed by atoms with Crippen LogP contribution in [0, 0.1) is 11.8 Å². The molecule has 3 N–H and O–H groups in total. The van der Waals surface area contributed by atoms with Gasteiger partial charge < -0.3 is 15.6 Å². The van der Waals surface area contributed by atoms with E-state index in [9.17, 15) is 4.79 Å². The first-order chi connectivity index (χ1) is 10.1. The Morgan fingerprint density at radius 3 is 2.90 bits per heavy atom. The van der Waals surface area contributed by atoms with Gasteiger partial charge in [0.15, 0.2) is 5.82 Å². The molecule has 0 spiro atoms. The molecular weight excluding hydrogens is 266 g/mol. The van der Waals surface area contributed by atoms with Gasteiger partial charge in [0.2, 0.25) is 0 Å². The van der Waals surface area contributed by atoms with Gasteiger partial charge in [-0.3, -0.25) is 4.79 Å². The van der Waals surface area contributed by atoms with Crippen molar-refractivity contribution in [1.29, 1.82) is 0 Å². The van der Waals surface area contributed by atoms with Gasteiger partial charge in [0, 0.05) is 12.6 Å². The summed E-state index contributed by atoms with van der Waals surface area (Å²) in [5.74, 6) is 6.15. The molecule has 0 fully saturated rings. The number of carbonyl (C=O) groups excluding carboxylic acids is 1. The van der Waals surface area contributed by atoms with Crippen molar-refractivity contribution in [3.63, 3.8) is 0 Å². The maximum Gasteiger partial charge on any atom is 0.253 e. The summed E-state index contributed by atoms with van der Waals surface area (Å²) < 4.78 is 1.77. The molecule has 2 aromatic rings. The fourth-order valence-corrected chi connectivity index (χ4v) is 1.96. The Morgan fingerprint density at radius 1 is 1.48 bits per heavy atom. The second kappa shape index (κ2) is 6.68. The molecule has 6 heteroatoms. The molecule has 1 amide bonds. The molecule has 0 aliphatic heterocycles. The highest BCUT2D eigenvalue weighted by atomic mass is 16.1. The number of nitrogens with two attached hydrogens (primary N) is 1. The Balaban J connectivity index is 2.19. The predicted octanol–water partition coefficient (Wildman–Crippen LogP) is 0.616. The SMILES string of the molecule is CC(NC(=O)c1ccccc1C#CCN)c1nncn1C. The molecule has 0 saturated carbocycles. The second-order valence-electron chi connectivity index (χ2n) is 4.55. The van der Waals surface area contributed by atoms with Crippen molar-refractivity contribution in [3.8, 4) is 11.8 Å². The van der Waals surface area contributed by atoms with Crippen LogP contribution in [-0.4, -0.2) is 27.2 Å². The highest BCUT2D eigenvalue weighted by Gasteiger charge is 2.16. The lowest BCUT2D eigenvalue weighted by atomic mass is 10.1. The summed E-state index contributed by atoms with van der Waals surface area (Å²) in [5, 5.41) is 10.7. The van der Waals surface area contributed by atoms with Crippen LogP contribution in [0.15, 0.2) is 30.6 Å². The number of amides is 1. The average Bonchev–Trinajstić information content (AvgIpc) is 2.91. The largest absolute Gasteiger partial charge is 0.342 e. The first-order valence-corrected chi connectivity index (χ1v) is 6.56. The van der Waals surface area contributed by atoms with Gasteiger partial charge >= 0.3 is 0 Å². The van der Waals surface area contributed by atoms with E-state index in [0.29, 0.717) is 17.0 Å². The summed E-state index contributed by atoms with van der Waals surface area (Å²) in [4.78, 5) is 12.4. The smallest absolute Gasteiger partial charge is 0.253 e. The zero-order valence-corrected chi connectivity index (χ0v) is 12.0. The normalized spacial score (nSPS) is 11.4. The van der Waals surface area contributed by atoms with Crippen LogP contribution in [0.3, 0.4) is 0 Å². The number of carbonyl (C=O) groups is 1. The Bertz CT molecular complexity index is 695. The van der Waals surface area contributed by atoms with Gasteiger partial charge in [0.05, 0.1) is 18.2 Å². The number of nitrogens with zero attached hydrogens (tertiary/aromatic N) is 3. The highest BCUT2D eigenvalue weighted by molar-refractivity contribution is 5.96. The van der Waals surface area contributed by atoms with Gasteiger partial charge in [-0.15, -0.1) is 10.2 Å². The van der Waals surface area contributed by atoms with Crippen LogP contribution in [0.25, 0.3) is 0 Å². The molecule has 2 rings (SSSR count). The number of hydrogen-bond donors (Lipinski definition) is 2. The van der Waals surface area contributed by atoms with Gasteiger partial charge in [0.25, 0.3) is 5.91 Å². The summed E-state index contributed by atoms with van der Waals surface area (Å²) in [6, 6.07) is 6.92. The molecule has 0 bridgehead atoms. The minimum atomic E-state index is -0.250. The lowest BCUT2D eigenvalue weighted by Crippen LogP contribution is -2.29. The van der Waals surface area contributed by atoms with Crippen molar-refractivity contribution >= 4 is 5.91 Å². The summed E-state index contributed by atoms with van der Waals surface area (Å²) in [6.45, 7) is 2.11. The van der Waals surface area contributed by atoms with Crippen molar-refractivity contribution in [1.82, 2.24) is 20.1 Å². The third-order valence-corrected chi connectivity index (χ3v) is 2.98. The maximum atomic E-state index is 12.4. The van der Waals surface area contributed by atoms with E-state index in [1.807, 2.05) is 20.0 Å². The molecule has 0 aliphatic carbocycles. The van der Waals surface area contributed by atoms with Crippen molar-refractivity contribution < 1.29 is 4.79 Å². The first-order valence-electron chi connectivity index (χ1n) is 6.56. The average molecular weight is 283 g/mol. The first kappa shape index (κ1) is 14.8. The summed E-state index contributed by atoms with van der Waals surface area (Å²) in [5.41, 5.74) is 6.55. The Labute approximate surface area is 123 Å². The van der Waals surface area contributed by atoms with Gasteiger partial charge in [-0.25, -0.2) is 0 Å². The zero-order chi connectivity index (χ0) is 15.2.